The molecule has 0 aliphatic rings. The first-order chi connectivity index (χ1) is 6.73. The zero-order valence-electron chi connectivity index (χ0n) is 7.64. The van der Waals surface area contributed by atoms with Gasteiger partial charge in [-0.05, 0) is 24.6 Å². The molecule has 0 radical (unpaired) electrons. The molecule has 1 aromatic carbocycles. The predicted octanol–water partition coefficient (Wildman–Crippen LogP) is 0.833. The molecule has 2 N–H and O–H groups in total. The quantitative estimate of drug-likeness (QED) is 0.545. The average Bonchev–Trinajstić information content (AvgIpc) is 2.06. The van der Waals surface area contributed by atoms with Crippen LogP contribution in [0.3, 0.4) is 0 Å². The molecule has 0 spiro atoms. The maximum atomic E-state index is 13.1. The van der Waals surface area contributed by atoms with E-state index in [1.807, 2.05) is 0 Å². The molecule has 0 aromatic heterocycles. The Labute approximate surface area is 83.3 Å². The van der Waals surface area contributed by atoms with Crippen LogP contribution in [0.1, 0.15) is 11.1 Å². The summed E-state index contributed by atoms with van der Waals surface area (Å²) in [5.74, 6) is -1.04. The third kappa shape index (κ3) is 2.48. The molecule has 0 aliphatic heterocycles. The van der Waals surface area contributed by atoms with Crippen molar-refractivity contribution in [2.24, 2.45) is 0 Å². The van der Waals surface area contributed by atoms with Crippen molar-refractivity contribution in [2.45, 2.75) is 13.1 Å². The summed E-state index contributed by atoms with van der Waals surface area (Å²) in [6.45, 7) is 1.12. The van der Waals surface area contributed by atoms with Gasteiger partial charge in [0.25, 0.3) is 0 Å². The molecule has 0 saturated carbocycles. The topological polar surface area (TPSA) is 40.5 Å². The maximum Gasteiger partial charge on any atom is 0.491 e. The largest absolute Gasteiger partial charge is 0.491 e. The van der Waals surface area contributed by atoms with Crippen molar-refractivity contribution in [1.82, 2.24) is 0 Å². The van der Waals surface area contributed by atoms with Gasteiger partial charge in [-0.15, -0.1) is 0 Å². The highest BCUT2D eigenvalue weighted by Crippen LogP contribution is 2.29. The number of hydrogen-bond acceptors (Lipinski definition) is 2. The molecule has 2 nitrogen and oxygen atoms in total. The predicted molar refractivity (Wildman–Crippen MR) is 46.0 cm³/mol. The number of rotatable bonds is 1. The fourth-order valence-electron chi connectivity index (χ4n) is 1.15. The Bertz CT molecular complexity index is 376. The van der Waals surface area contributed by atoms with Crippen molar-refractivity contribution in [1.29, 1.82) is 0 Å². The van der Waals surface area contributed by atoms with Crippen molar-refractivity contribution in [3.8, 4) is 0 Å². The van der Waals surface area contributed by atoms with Crippen LogP contribution < -0.4 is 5.46 Å². The zero-order valence-corrected chi connectivity index (χ0v) is 7.64. The van der Waals surface area contributed by atoms with Crippen molar-refractivity contribution < 1.29 is 27.6 Å². The van der Waals surface area contributed by atoms with E-state index in [1.54, 1.807) is 0 Å². The molecular formula is C8H7BF4O2. The van der Waals surface area contributed by atoms with Crippen LogP contribution in [-0.4, -0.2) is 17.2 Å². The third-order valence-electron chi connectivity index (χ3n) is 1.89. The third-order valence-corrected chi connectivity index (χ3v) is 1.89. The van der Waals surface area contributed by atoms with Crippen molar-refractivity contribution in [3.63, 3.8) is 0 Å². The molecule has 82 valence electrons. The first-order valence-corrected chi connectivity index (χ1v) is 3.97. The smallest absolute Gasteiger partial charge is 0.423 e. The number of alkyl halides is 3. The molecule has 0 atom stereocenters. The van der Waals surface area contributed by atoms with E-state index in [9.17, 15) is 17.6 Å². The fraction of sp³-hybridized carbons (Fsp3) is 0.250. The minimum Gasteiger partial charge on any atom is -0.423 e. The van der Waals surface area contributed by atoms with E-state index in [4.69, 9.17) is 10.0 Å². The van der Waals surface area contributed by atoms with Gasteiger partial charge in [0, 0.05) is 5.46 Å². The Morgan fingerprint density at radius 2 is 1.73 bits per heavy atom. The highest BCUT2D eigenvalue weighted by molar-refractivity contribution is 6.58. The van der Waals surface area contributed by atoms with Gasteiger partial charge in [0.05, 0.1) is 5.56 Å². The van der Waals surface area contributed by atoms with E-state index in [2.05, 4.69) is 0 Å². The average molecular weight is 222 g/mol. The normalized spacial score (nSPS) is 11.7. The van der Waals surface area contributed by atoms with Gasteiger partial charge in [-0.25, -0.2) is 4.39 Å². The summed E-state index contributed by atoms with van der Waals surface area (Å²) in [6, 6.07) is 0.994. The number of halogens is 4. The standard InChI is InChI=1S/C8H7BF4O2/c1-4-2-5(8(11,12)13)3-6(7(4)10)9(14)15/h2-3,14-15H,1H3. The molecule has 0 heterocycles. The van der Waals surface area contributed by atoms with Crippen LogP contribution in [0.25, 0.3) is 0 Å². The van der Waals surface area contributed by atoms with Crippen LogP contribution >= 0.6 is 0 Å². The Hall–Kier alpha value is -1.08. The SMILES string of the molecule is Cc1cc(C(F)(F)F)cc(B(O)O)c1F. The molecule has 0 saturated heterocycles. The van der Waals surface area contributed by atoms with E-state index in [1.165, 1.54) is 0 Å². The minimum atomic E-state index is -4.64. The van der Waals surface area contributed by atoms with Gasteiger partial charge >= 0.3 is 13.3 Å². The first-order valence-electron chi connectivity index (χ1n) is 3.97. The van der Waals surface area contributed by atoms with Crippen LogP contribution in [-0.2, 0) is 6.18 Å². The van der Waals surface area contributed by atoms with Crippen molar-refractivity contribution in [2.75, 3.05) is 0 Å². The summed E-state index contributed by atoms with van der Waals surface area (Å²) in [6.07, 6.45) is -4.64. The monoisotopic (exact) mass is 222 g/mol. The summed E-state index contributed by atoms with van der Waals surface area (Å²) in [7, 11) is -2.26. The van der Waals surface area contributed by atoms with E-state index in [-0.39, 0.29) is 5.56 Å². The molecule has 0 amide bonds. The zero-order chi connectivity index (χ0) is 11.8. The second kappa shape index (κ2) is 3.82. The Kier molecular flexibility index (Phi) is 3.06. The van der Waals surface area contributed by atoms with Crippen molar-refractivity contribution >= 4 is 12.6 Å². The molecule has 0 bridgehead atoms. The highest BCUT2D eigenvalue weighted by Gasteiger charge is 2.33. The van der Waals surface area contributed by atoms with Gasteiger partial charge in [0.15, 0.2) is 0 Å². The highest BCUT2D eigenvalue weighted by atomic mass is 19.4. The molecule has 7 heteroatoms. The van der Waals surface area contributed by atoms with Crippen molar-refractivity contribution in [3.05, 3.63) is 29.1 Å². The van der Waals surface area contributed by atoms with Gasteiger partial charge in [0.1, 0.15) is 5.82 Å². The lowest BCUT2D eigenvalue weighted by Gasteiger charge is -2.11. The summed E-state index contributed by atoms with van der Waals surface area (Å²) in [5, 5.41) is 17.3. The molecule has 0 fully saturated rings. The lowest BCUT2D eigenvalue weighted by Crippen LogP contribution is -2.34. The summed E-state index contributed by atoms with van der Waals surface area (Å²) in [4.78, 5) is 0. The molecule has 15 heavy (non-hydrogen) atoms. The van der Waals surface area contributed by atoms with Gasteiger partial charge < -0.3 is 10.0 Å². The van der Waals surface area contributed by atoms with Gasteiger partial charge in [-0.2, -0.15) is 13.2 Å². The Morgan fingerprint density at radius 3 is 2.13 bits per heavy atom. The van der Waals surface area contributed by atoms with Gasteiger partial charge in [-0.1, -0.05) is 0 Å². The summed E-state index contributed by atoms with van der Waals surface area (Å²) >= 11 is 0. The van der Waals surface area contributed by atoms with E-state index >= 15 is 0 Å². The summed E-state index contributed by atoms with van der Waals surface area (Å²) < 4.78 is 49.9. The van der Waals surface area contributed by atoms with Crippen LogP contribution in [0, 0.1) is 12.7 Å². The number of benzene rings is 1. The minimum absolute atomic E-state index is 0.284. The second-order valence-corrected chi connectivity index (χ2v) is 3.07. The van der Waals surface area contributed by atoms with Crippen LogP contribution in [0.4, 0.5) is 17.6 Å². The first kappa shape index (κ1) is 12.0. The van der Waals surface area contributed by atoms with E-state index in [0.717, 1.165) is 6.92 Å². The maximum absolute atomic E-state index is 13.1. The lowest BCUT2D eigenvalue weighted by molar-refractivity contribution is -0.137. The molecule has 1 rings (SSSR count). The van der Waals surface area contributed by atoms with Gasteiger partial charge in [0.2, 0.25) is 0 Å². The lowest BCUT2D eigenvalue weighted by atomic mass is 9.78. The molecule has 0 unspecified atom stereocenters. The Balaban J connectivity index is 3.36. The molecule has 1 aromatic rings. The second-order valence-electron chi connectivity index (χ2n) is 3.07. The fourth-order valence-corrected chi connectivity index (χ4v) is 1.15. The summed E-state index contributed by atoms with van der Waals surface area (Å²) in [5.41, 5.74) is -2.17. The molecular weight excluding hydrogens is 215 g/mol. The van der Waals surface area contributed by atoms with Crippen LogP contribution in [0.5, 0.6) is 0 Å². The van der Waals surface area contributed by atoms with E-state index in [0.29, 0.717) is 12.1 Å². The van der Waals surface area contributed by atoms with E-state index < -0.39 is 30.1 Å². The van der Waals surface area contributed by atoms with Crippen LogP contribution in [0.2, 0.25) is 0 Å². The van der Waals surface area contributed by atoms with Gasteiger partial charge in [-0.3, -0.25) is 0 Å². The Morgan fingerprint density at radius 1 is 1.20 bits per heavy atom. The van der Waals surface area contributed by atoms with Crippen LogP contribution in [0.15, 0.2) is 12.1 Å². The number of aryl methyl sites for hydroxylation is 1. The molecule has 0 aliphatic carbocycles. The number of hydrogen-bond donors (Lipinski definition) is 2.